The highest BCUT2D eigenvalue weighted by Crippen LogP contribution is 2.13. The molecule has 3 N–H and O–H groups in total. The van der Waals surface area contributed by atoms with E-state index in [-0.39, 0.29) is 12.5 Å². The molecule has 0 aliphatic rings. The third kappa shape index (κ3) is 9.93. The standard InChI is InChI=1S/C22H37NO3/c1-2-3-4-5-6-7-8-9-10-14-17-21(25)20(18-24)23-22(26)19-15-12-11-13-16-19/h11-13,15-16,20-21,24-25H,2-10,14,17-18H2,1H3,(H,23,26)/t20-,21+/m0/s1. The van der Waals surface area contributed by atoms with E-state index in [4.69, 9.17) is 0 Å². The van der Waals surface area contributed by atoms with Gasteiger partial charge in [0, 0.05) is 5.56 Å². The minimum Gasteiger partial charge on any atom is -0.394 e. The maximum absolute atomic E-state index is 12.1. The molecular weight excluding hydrogens is 326 g/mol. The van der Waals surface area contributed by atoms with Crippen LogP contribution < -0.4 is 5.32 Å². The molecule has 0 heterocycles. The molecule has 0 aliphatic carbocycles. The SMILES string of the molecule is CCCCCCCCCCCC[C@@H](O)[C@H](CO)NC(=O)c1ccccc1. The fourth-order valence-electron chi connectivity index (χ4n) is 3.15. The second kappa shape index (κ2) is 14.7. The van der Waals surface area contributed by atoms with Crippen LogP contribution in [0.3, 0.4) is 0 Å². The number of carbonyl (C=O) groups excluding carboxylic acids is 1. The van der Waals surface area contributed by atoms with Gasteiger partial charge in [0.15, 0.2) is 0 Å². The van der Waals surface area contributed by atoms with Crippen molar-refractivity contribution in [2.45, 2.75) is 89.7 Å². The smallest absolute Gasteiger partial charge is 0.251 e. The van der Waals surface area contributed by atoms with Gasteiger partial charge in [-0.1, -0.05) is 89.3 Å². The summed E-state index contributed by atoms with van der Waals surface area (Å²) in [6.45, 7) is 1.99. The Balaban J connectivity index is 2.12. The van der Waals surface area contributed by atoms with Crippen molar-refractivity contribution in [3.05, 3.63) is 35.9 Å². The molecule has 148 valence electrons. The number of hydrogen-bond acceptors (Lipinski definition) is 3. The minimum absolute atomic E-state index is 0.252. The van der Waals surface area contributed by atoms with Gasteiger partial charge in [0.25, 0.3) is 5.91 Å². The van der Waals surface area contributed by atoms with Gasteiger partial charge in [0.05, 0.1) is 18.8 Å². The third-order valence-corrected chi connectivity index (χ3v) is 4.87. The third-order valence-electron chi connectivity index (χ3n) is 4.87. The predicted molar refractivity (Wildman–Crippen MR) is 107 cm³/mol. The summed E-state index contributed by atoms with van der Waals surface area (Å²) < 4.78 is 0. The van der Waals surface area contributed by atoms with Crippen molar-refractivity contribution in [1.29, 1.82) is 0 Å². The summed E-state index contributed by atoms with van der Waals surface area (Å²) in [6.07, 6.45) is 12.4. The zero-order valence-corrected chi connectivity index (χ0v) is 16.3. The maximum atomic E-state index is 12.1. The molecule has 0 aromatic heterocycles. The summed E-state index contributed by atoms with van der Waals surface area (Å²) in [5.74, 6) is -0.258. The van der Waals surface area contributed by atoms with Crippen LogP contribution in [0, 0.1) is 0 Å². The van der Waals surface area contributed by atoms with Crippen molar-refractivity contribution >= 4 is 5.91 Å². The quantitative estimate of drug-likeness (QED) is 0.403. The molecule has 0 unspecified atom stereocenters. The molecule has 0 saturated heterocycles. The first kappa shape index (κ1) is 22.7. The zero-order chi connectivity index (χ0) is 19.0. The van der Waals surface area contributed by atoms with Crippen LogP contribution in [0.2, 0.25) is 0 Å². The first-order chi connectivity index (χ1) is 12.7. The Hall–Kier alpha value is -1.39. The lowest BCUT2D eigenvalue weighted by Crippen LogP contribution is -2.45. The number of hydrogen-bond donors (Lipinski definition) is 3. The van der Waals surface area contributed by atoms with E-state index >= 15 is 0 Å². The number of nitrogens with one attached hydrogen (secondary N) is 1. The normalized spacial score (nSPS) is 13.3. The van der Waals surface area contributed by atoms with Crippen LogP contribution in [0.15, 0.2) is 30.3 Å². The number of benzene rings is 1. The van der Waals surface area contributed by atoms with E-state index < -0.39 is 12.1 Å². The van der Waals surface area contributed by atoms with Gasteiger partial charge in [-0.25, -0.2) is 0 Å². The molecule has 4 nitrogen and oxygen atoms in total. The van der Waals surface area contributed by atoms with Crippen molar-refractivity contribution in [3.63, 3.8) is 0 Å². The molecule has 1 aromatic rings. The molecule has 26 heavy (non-hydrogen) atoms. The lowest BCUT2D eigenvalue weighted by molar-refractivity contribution is 0.0661. The number of carbonyl (C=O) groups is 1. The lowest BCUT2D eigenvalue weighted by atomic mass is 10.0. The van der Waals surface area contributed by atoms with E-state index in [9.17, 15) is 15.0 Å². The van der Waals surface area contributed by atoms with Crippen molar-refractivity contribution < 1.29 is 15.0 Å². The second-order valence-electron chi connectivity index (χ2n) is 7.17. The molecule has 4 heteroatoms. The molecule has 1 amide bonds. The van der Waals surface area contributed by atoms with E-state index in [0.29, 0.717) is 12.0 Å². The van der Waals surface area contributed by atoms with Gasteiger partial charge < -0.3 is 15.5 Å². The average Bonchev–Trinajstić information content (AvgIpc) is 2.67. The second-order valence-corrected chi connectivity index (χ2v) is 7.17. The first-order valence-electron chi connectivity index (χ1n) is 10.3. The van der Waals surface area contributed by atoms with Gasteiger partial charge in [-0.15, -0.1) is 0 Å². The maximum Gasteiger partial charge on any atom is 0.251 e. The molecule has 2 atom stereocenters. The molecule has 0 bridgehead atoms. The molecule has 1 aromatic carbocycles. The van der Waals surface area contributed by atoms with E-state index in [1.165, 1.54) is 51.4 Å². The van der Waals surface area contributed by atoms with E-state index in [1.54, 1.807) is 24.3 Å². The Kier molecular flexibility index (Phi) is 12.8. The Bertz CT molecular complexity index is 464. The number of amides is 1. The predicted octanol–water partition coefficient (Wildman–Crippen LogP) is 4.45. The fraction of sp³-hybridized carbons (Fsp3) is 0.682. The summed E-state index contributed by atoms with van der Waals surface area (Å²) in [6, 6.07) is 8.27. The highest BCUT2D eigenvalue weighted by molar-refractivity contribution is 5.94. The Morgan fingerprint density at radius 1 is 0.923 bits per heavy atom. The topological polar surface area (TPSA) is 69.6 Å². The van der Waals surface area contributed by atoms with Crippen LogP contribution in [0.25, 0.3) is 0 Å². The number of rotatable bonds is 15. The summed E-state index contributed by atoms with van der Waals surface area (Å²) in [5.41, 5.74) is 0.539. The van der Waals surface area contributed by atoms with E-state index in [0.717, 1.165) is 12.8 Å². The van der Waals surface area contributed by atoms with Crippen LogP contribution >= 0.6 is 0 Å². The molecule has 0 spiro atoms. The summed E-state index contributed by atoms with van der Waals surface area (Å²) in [5, 5.41) is 22.5. The molecule has 0 aliphatic heterocycles. The molecule has 0 saturated carbocycles. The van der Waals surface area contributed by atoms with Crippen LogP contribution in [-0.4, -0.2) is 34.9 Å². The highest BCUT2D eigenvalue weighted by atomic mass is 16.3. The molecule has 1 rings (SSSR count). The van der Waals surface area contributed by atoms with Crippen LogP contribution in [-0.2, 0) is 0 Å². The van der Waals surface area contributed by atoms with Crippen LogP contribution in [0.5, 0.6) is 0 Å². The Morgan fingerprint density at radius 2 is 1.46 bits per heavy atom. The molecule has 0 radical (unpaired) electrons. The molecule has 0 fully saturated rings. The van der Waals surface area contributed by atoms with Crippen molar-refractivity contribution in [2.75, 3.05) is 6.61 Å². The zero-order valence-electron chi connectivity index (χ0n) is 16.3. The van der Waals surface area contributed by atoms with Crippen molar-refractivity contribution in [2.24, 2.45) is 0 Å². The van der Waals surface area contributed by atoms with Gasteiger partial charge in [0.1, 0.15) is 0 Å². The minimum atomic E-state index is -0.707. The van der Waals surface area contributed by atoms with Crippen molar-refractivity contribution in [1.82, 2.24) is 5.32 Å². The van der Waals surface area contributed by atoms with Gasteiger partial charge in [-0.2, -0.15) is 0 Å². The van der Waals surface area contributed by atoms with Gasteiger partial charge in [-0.05, 0) is 18.6 Å². The van der Waals surface area contributed by atoms with Gasteiger partial charge in [-0.3, -0.25) is 4.79 Å². The monoisotopic (exact) mass is 363 g/mol. The largest absolute Gasteiger partial charge is 0.394 e. The van der Waals surface area contributed by atoms with Gasteiger partial charge >= 0.3 is 0 Å². The lowest BCUT2D eigenvalue weighted by Gasteiger charge is -2.22. The van der Waals surface area contributed by atoms with E-state index in [2.05, 4.69) is 12.2 Å². The number of unbranched alkanes of at least 4 members (excludes halogenated alkanes) is 9. The number of aliphatic hydroxyl groups excluding tert-OH is 2. The fourth-order valence-corrected chi connectivity index (χ4v) is 3.15. The Morgan fingerprint density at radius 3 is 2.00 bits per heavy atom. The first-order valence-corrected chi connectivity index (χ1v) is 10.3. The molecular formula is C22H37NO3. The number of aliphatic hydroxyl groups is 2. The van der Waals surface area contributed by atoms with Crippen molar-refractivity contribution in [3.8, 4) is 0 Å². The van der Waals surface area contributed by atoms with Gasteiger partial charge in [0.2, 0.25) is 0 Å². The van der Waals surface area contributed by atoms with E-state index in [1.807, 2.05) is 6.07 Å². The summed E-state index contributed by atoms with van der Waals surface area (Å²) in [4.78, 5) is 12.1. The summed E-state index contributed by atoms with van der Waals surface area (Å²) >= 11 is 0. The summed E-state index contributed by atoms with van der Waals surface area (Å²) in [7, 11) is 0. The average molecular weight is 364 g/mol. The van der Waals surface area contributed by atoms with Crippen LogP contribution in [0.1, 0.15) is 87.9 Å². The highest BCUT2D eigenvalue weighted by Gasteiger charge is 2.20. The Labute approximate surface area is 159 Å². The van der Waals surface area contributed by atoms with Crippen LogP contribution in [0.4, 0.5) is 0 Å².